The first-order valence-electron chi connectivity index (χ1n) is 10.4. The third-order valence-corrected chi connectivity index (χ3v) is 6.73. The maximum Gasteiger partial charge on any atom is 0.251 e. The number of rotatable bonds is 1. The maximum absolute atomic E-state index is 13.0. The molecule has 3 heterocycles. The molecular weight excluding hydrogens is 426 g/mol. The molecule has 164 valence electrons. The summed E-state index contributed by atoms with van der Waals surface area (Å²) in [7, 11) is -1.66. The predicted molar refractivity (Wildman–Crippen MR) is 122 cm³/mol. The molecule has 8 nitrogen and oxygen atoms in total. The molecule has 0 saturated carbocycles. The van der Waals surface area contributed by atoms with E-state index in [1.54, 1.807) is 30.3 Å². The number of aryl methyl sites for hydroxylation is 2. The number of nitrogens with zero attached hydrogens (tertiary/aromatic N) is 2. The van der Waals surface area contributed by atoms with Gasteiger partial charge in [-0.2, -0.15) is 4.98 Å². The zero-order chi connectivity index (χ0) is 22.2. The fraction of sp³-hybridized carbons (Fsp3) is 0.261. The van der Waals surface area contributed by atoms with Crippen molar-refractivity contribution in [2.24, 2.45) is 0 Å². The van der Waals surface area contributed by atoms with Gasteiger partial charge in [0, 0.05) is 30.3 Å². The van der Waals surface area contributed by atoms with Crippen LogP contribution in [0.4, 0.5) is 5.95 Å². The fourth-order valence-corrected chi connectivity index (χ4v) is 4.91. The molecule has 5 rings (SSSR count). The second-order valence-corrected chi connectivity index (χ2v) is 9.19. The summed E-state index contributed by atoms with van der Waals surface area (Å²) in [6, 6.07) is 14.3. The van der Waals surface area contributed by atoms with Gasteiger partial charge in [-0.15, -0.1) is 0 Å². The van der Waals surface area contributed by atoms with Crippen LogP contribution in [0.25, 0.3) is 11.3 Å². The van der Waals surface area contributed by atoms with Crippen molar-refractivity contribution in [2.45, 2.75) is 30.9 Å². The largest absolute Gasteiger partial charge is 0.471 e. The summed E-state index contributed by atoms with van der Waals surface area (Å²) in [6.45, 7) is 5.21. The molecule has 0 aliphatic carbocycles. The monoisotopic (exact) mass is 449 g/mol. The standard InChI is InChI=1S/C23H23N5O3S/c1-13-5-3-6-14(2)21(13)17-10-20-27-23(26-17)28-32(30)16-8-4-7-15(9-16)22(29)25-18-11-24-12-19(18)31-20/h3-10,18-19,24H,11-12H2,1-2H3,(H,25,29)(H,26,27,28)/t18-,19-,32?/m1/s1. The highest BCUT2D eigenvalue weighted by Gasteiger charge is 2.31. The van der Waals surface area contributed by atoms with Crippen molar-refractivity contribution in [3.05, 3.63) is 65.2 Å². The lowest BCUT2D eigenvalue weighted by Gasteiger charge is -2.21. The summed E-state index contributed by atoms with van der Waals surface area (Å²) in [6.07, 6.45) is -0.304. The molecule has 2 aromatic carbocycles. The first-order valence-corrected chi connectivity index (χ1v) is 11.6. The average Bonchev–Trinajstić information content (AvgIpc) is 3.19. The van der Waals surface area contributed by atoms with Crippen LogP contribution in [0.1, 0.15) is 21.5 Å². The molecule has 2 aliphatic rings. The molecule has 3 aromatic rings. The molecule has 3 N–H and O–H groups in total. The van der Waals surface area contributed by atoms with Gasteiger partial charge < -0.3 is 15.4 Å². The van der Waals surface area contributed by atoms with Gasteiger partial charge in [0.2, 0.25) is 11.8 Å². The van der Waals surface area contributed by atoms with Crippen LogP contribution < -0.4 is 20.1 Å². The quantitative estimate of drug-likeness (QED) is 0.527. The SMILES string of the molecule is Cc1cccc(C)c1-c1cc2nc(n1)NS(=O)c1cccc(c1)C(=O)N[C@@H]1CNC[C@H]1O2. The zero-order valence-corrected chi connectivity index (χ0v) is 18.5. The van der Waals surface area contributed by atoms with E-state index in [4.69, 9.17) is 4.74 Å². The first-order chi connectivity index (χ1) is 15.5. The zero-order valence-electron chi connectivity index (χ0n) is 17.7. The predicted octanol–water partition coefficient (Wildman–Crippen LogP) is 2.36. The molecule has 9 heteroatoms. The Hall–Kier alpha value is -3.30. The van der Waals surface area contributed by atoms with Gasteiger partial charge in [-0.25, -0.2) is 9.19 Å². The molecule has 0 spiro atoms. The summed E-state index contributed by atoms with van der Waals surface area (Å²) in [5.74, 6) is 0.320. The van der Waals surface area contributed by atoms with Gasteiger partial charge in [-0.05, 0) is 43.2 Å². The molecular formula is C23H23N5O3S. The molecule has 4 bridgehead atoms. The van der Waals surface area contributed by atoms with Crippen LogP contribution in [0.15, 0.2) is 53.4 Å². The Morgan fingerprint density at radius 3 is 2.62 bits per heavy atom. The van der Waals surface area contributed by atoms with Crippen LogP contribution in [0.5, 0.6) is 5.88 Å². The van der Waals surface area contributed by atoms with E-state index in [-0.39, 0.29) is 24.0 Å². The van der Waals surface area contributed by atoms with Crippen molar-refractivity contribution in [3.63, 3.8) is 0 Å². The number of ether oxygens (including phenoxy) is 1. The number of fused-ring (bicyclic) bond motifs is 5. The van der Waals surface area contributed by atoms with Crippen molar-refractivity contribution in [3.8, 4) is 17.1 Å². The lowest BCUT2D eigenvalue weighted by atomic mass is 10.00. The average molecular weight is 450 g/mol. The minimum atomic E-state index is -1.66. The third kappa shape index (κ3) is 3.96. The topological polar surface area (TPSA) is 105 Å². The van der Waals surface area contributed by atoms with Gasteiger partial charge in [0.25, 0.3) is 5.91 Å². The van der Waals surface area contributed by atoms with Gasteiger partial charge in [-0.1, -0.05) is 24.3 Å². The molecule has 0 radical (unpaired) electrons. The van der Waals surface area contributed by atoms with Crippen molar-refractivity contribution in [2.75, 3.05) is 17.8 Å². The third-order valence-electron chi connectivity index (χ3n) is 5.68. The lowest BCUT2D eigenvalue weighted by molar-refractivity contribution is 0.0901. The number of nitrogens with one attached hydrogen (secondary N) is 3. The number of amides is 1. The van der Waals surface area contributed by atoms with Crippen molar-refractivity contribution >= 4 is 22.8 Å². The van der Waals surface area contributed by atoms with E-state index >= 15 is 0 Å². The van der Waals surface area contributed by atoms with E-state index in [0.29, 0.717) is 35.1 Å². The van der Waals surface area contributed by atoms with Crippen molar-refractivity contribution in [1.82, 2.24) is 20.6 Å². The number of hydrogen-bond donors (Lipinski definition) is 3. The van der Waals surface area contributed by atoms with Crippen LogP contribution in [0, 0.1) is 13.8 Å². The summed E-state index contributed by atoms with van der Waals surface area (Å²) < 4.78 is 22.1. The van der Waals surface area contributed by atoms with Crippen LogP contribution in [-0.2, 0) is 11.0 Å². The first kappa shape index (κ1) is 20.6. The second-order valence-electron chi connectivity index (χ2n) is 7.97. The Morgan fingerprint density at radius 1 is 1.03 bits per heavy atom. The van der Waals surface area contributed by atoms with Crippen LogP contribution >= 0.6 is 0 Å². The Balaban J connectivity index is 1.63. The highest BCUT2D eigenvalue weighted by atomic mass is 32.2. The normalized spacial score (nSPS) is 22.3. The lowest BCUT2D eigenvalue weighted by Crippen LogP contribution is -2.45. The summed E-state index contributed by atoms with van der Waals surface area (Å²) >= 11 is 0. The molecule has 1 saturated heterocycles. The summed E-state index contributed by atoms with van der Waals surface area (Å²) in [5, 5.41) is 6.29. The van der Waals surface area contributed by atoms with Crippen LogP contribution in [0.3, 0.4) is 0 Å². The Morgan fingerprint density at radius 2 is 1.81 bits per heavy atom. The maximum atomic E-state index is 13.0. The summed E-state index contributed by atoms with van der Waals surface area (Å²) in [5.41, 5.74) is 4.24. The van der Waals surface area contributed by atoms with Gasteiger partial charge in [0.15, 0.2) is 11.0 Å². The van der Waals surface area contributed by atoms with Gasteiger partial charge in [0.05, 0.1) is 16.6 Å². The number of benzene rings is 2. The molecule has 1 fully saturated rings. The molecule has 1 aromatic heterocycles. The molecule has 1 unspecified atom stereocenters. The van der Waals surface area contributed by atoms with E-state index in [2.05, 4.69) is 25.3 Å². The van der Waals surface area contributed by atoms with Gasteiger partial charge >= 0.3 is 0 Å². The van der Waals surface area contributed by atoms with E-state index < -0.39 is 11.0 Å². The van der Waals surface area contributed by atoms with E-state index in [1.807, 2.05) is 32.0 Å². The van der Waals surface area contributed by atoms with E-state index in [0.717, 1.165) is 16.7 Å². The van der Waals surface area contributed by atoms with Crippen LogP contribution in [-0.4, -0.2) is 45.3 Å². The molecule has 2 aliphatic heterocycles. The smallest absolute Gasteiger partial charge is 0.251 e. The molecule has 3 atom stereocenters. The van der Waals surface area contributed by atoms with Crippen LogP contribution in [0.2, 0.25) is 0 Å². The fourth-order valence-electron chi connectivity index (χ4n) is 4.10. The van der Waals surface area contributed by atoms with Crippen molar-refractivity contribution < 1.29 is 13.7 Å². The summed E-state index contributed by atoms with van der Waals surface area (Å²) in [4.78, 5) is 22.4. The molecule has 32 heavy (non-hydrogen) atoms. The minimum Gasteiger partial charge on any atom is -0.471 e. The highest BCUT2D eigenvalue weighted by molar-refractivity contribution is 7.86. The van der Waals surface area contributed by atoms with Gasteiger partial charge in [0.1, 0.15) is 6.10 Å². The van der Waals surface area contributed by atoms with Gasteiger partial charge in [-0.3, -0.25) is 9.52 Å². The van der Waals surface area contributed by atoms with E-state index in [9.17, 15) is 9.00 Å². The number of aromatic nitrogens is 2. The Labute approximate surface area is 188 Å². The minimum absolute atomic E-state index is 0.199. The number of carbonyl (C=O) groups is 1. The van der Waals surface area contributed by atoms with E-state index in [1.165, 1.54) is 0 Å². The Bertz CT molecular complexity index is 1210. The number of carbonyl (C=O) groups excluding carboxylic acids is 1. The number of hydrogen-bond acceptors (Lipinski definition) is 6. The van der Waals surface area contributed by atoms with Crippen molar-refractivity contribution in [1.29, 1.82) is 0 Å². The number of anilines is 1. The Kier molecular flexibility index (Phi) is 5.36. The highest BCUT2D eigenvalue weighted by Crippen LogP contribution is 2.30. The second kappa shape index (κ2) is 8.33. The molecule has 1 amide bonds.